The molecule has 112 valence electrons. The van der Waals surface area contributed by atoms with Gasteiger partial charge in [0, 0.05) is 18.3 Å². The predicted molar refractivity (Wildman–Crippen MR) is 75.5 cm³/mol. The van der Waals surface area contributed by atoms with Crippen LogP contribution < -0.4 is 5.14 Å². The molecule has 1 heterocycles. The Bertz CT molecular complexity index is 816. The van der Waals surface area contributed by atoms with E-state index in [1.807, 2.05) is 0 Å². The highest BCUT2D eigenvalue weighted by Crippen LogP contribution is 2.23. The highest BCUT2D eigenvalue weighted by atomic mass is 35.5. The fraction of sp³-hybridized carbons (Fsp3) is 0.182. The number of non-ortho nitro benzene ring substituents is 1. The summed E-state index contributed by atoms with van der Waals surface area (Å²) in [5.41, 5.74) is 0.486. The average molecular weight is 331 g/mol. The molecule has 0 spiro atoms. The maximum atomic E-state index is 11.2. The monoisotopic (exact) mass is 330 g/mol. The number of hydrogen-bond acceptors (Lipinski definition) is 5. The lowest BCUT2D eigenvalue weighted by atomic mass is 10.2. The standard InChI is InChI=1S/C11H11ClN4O4S/c1-7-14-11(21(13,19)20)6-15(7)5-8-2-3-9(16(17)18)4-10(8)12/h2-4,6H,5H2,1H3,(H2,13,19,20). The van der Waals surface area contributed by atoms with Crippen LogP contribution in [0, 0.1) is 17.0 Å². The minimum atomic E-state index is -3.88. The van der Waals surface area contributed by atoms with Gasteiger partial charge in [0.25, 0.3) is 15.7 Å². The summed E-state index contributed by atoms with van der Waals surface area (Å²) in [4.78, 5) is 13.9. The average Bonchev–Trinajstić information content (AvgIpc) is 2.73. The molecule has 8 nitrogen and oxygen atoms in total. The minimum absolute atomic E-state index is 0.115. The number of nitrogens with zero attached hydrogens (tertiary/aromatic N) is 3. The SMILES string of the molecule is Cc1nc(S(N)(=O)=O)cn1Cc1ccc([N+](=O)[O-])cc1Cl. The molecule has 21 heavy (non-hydrogen) atoms. The van der Waals surface area contributed by atoms with Gasteiger partial charge >= 0.3 is 0 Å². The van der Waals surface area contributed by atoms with Gasteiger partial charge in [-0.3, -0.25) is 10.1 Å². The van der Waals surface area contributed by atoms with E-state index >= 15 is 0 Å². The molecule has 0 fully saturated rings. The smallest absolute Gasteiger partial charge is 0.270 e. The lowest BCUT2D eigenvalue weighted by Crippen LogP contribution is -2.12. The van der Waals surface area contributed by atoms with E-state index in [-0.39, 0.29) is 22.3 Å². The normalized spacial score (nSPS) is 11.6. The van der Waals surface area contributed by atoms with E-state index in [2.05, 4.69) is 4.98 Å². The van der Waals surface area contributed by atoms with Crippen LogP contribution in [-0.2, 0) is 16.6 Å². The summed E-state index contributed by atoms with van der Waals surface area (Å²) in [5.74, 6) is 0.438. The number of nitro benzene ring substituents is 1. The van der Waals surface area contributed by atoms with Crippen molar-refractivity contribution in [1.82, 2.24) is 9.55 Å². The molecule has 0 amide bonds. The first kappa shape index (κ1) is 15.4. The van der Waals surface area contributed by atoms with Crippen molar-refractivity contribution in [2.24, 2.45) is 5.14 Å². The highest BCUT2D eigenvalue weighted by molar-refractivity contribution is 7.89. The van der Waals surface area contributed by atoms with E-state index in [9.17, 15) is 18.5 Å². The van der Waals surface area contributed by atoms with Crippen LogP contribution in [0.25, 0.3) is 0 Å². The molecule has 0 radical (unpaired) electrons. The second kappa shape index (κ2) is 5.43. The maximum Gasteiger partial charge on any atom is 0.270 e. The van der Waals surface area contributed by atoms with E-state index < -0.39 is 14.9 Å². The molecular weight excluding hydrogens is 320 g/mol. The van der Waals surface area contributed by atoms with Crippen LogP contribution in [0.2, 0.25) is 5.02 Å². The molecule has 0 unspecified atom stereocenters. The zero-order chi connectivity index (χ0) is 15.8. The van der Waals surface area contributed by atoms with E-state index in [0.29, 0.717) is 11.4 Å². The van der Waals surface area contributed by atoms with Crippen molar-refractivity contribution in [3.05, 3.63) is 50.9 Å². The molecule has 0 saturated heterocycles. The molecule has 1 aromatic carbocycles. The fourth-order valence-electron chi connectivity index (χ4n) is 1.74. The van der Waals surface area contributed by atoms with E-state index in [0.717, 1.165) is 0 Å². The van der Waals surface area contributed by atoms with E-state index in [4.69, 9.17) is 16.7 Å². The molecule has 0 atom stereocenters. The number of hydrogen-bond donors (Lipinski definition) is 1. The molecule has 1 aromatic heterocycles. The van der Waals surface area contributed by atoms with E-state index in [1.165, 1.54) is 24.4 Å². The number of imidazole rings is 1. The fourth-order valence-corrected chi connectivity index (χ4v) is 2.51. The topological polar surface area (TPSA) is 121 Å². The summed E-state index contributed by atoms with van der Waals surface area (Å²) < 4.78 is 24.0. The van der Waals surface area contributed by atoms with Crippen molar-refractivity contribution in [2.75, 3.05) is 0 Å². The zero-order valence-corrected chi connectivity index (χ0v) is 12.4. The molecule has 2 N–H and O–H groups in total. The van der Waals surface area contributed by atoms with Crippen LogP contribution >= 0.6 is 11.6 Å². The third kappa shape index (κ3) is 3.38. The summed E-state index contributed by atoms with van der Waals surface area (Å²) in [6.45, 7) is 1.85. The Balaban J connectivity index is 2.35. The quantitative estimate of drug-likeness (QED) is 0.671. The maximum absolute atomic E-state index is 11.2. The van der Waals surface area contributed by atoms with Crippen molar-refractivity contribution in [2.45, 2.75) is 18.5 Å². The first-order valence-corrected chi connectivity index (χ1v) is 7.60. The van der Waals surface area contributed by atoms with Crippen molar-refractivity contribution < 1.29 is 13.3 Å². The summed E-state index contributed by atoms with van der Waals surface area (Å²) >= 11 is 5.99. The van der Waals surface area contributed by atoms with Gasteiger partial charge in [-0.1, -0.05) is 11.6 Å². The van der Waals surface area contributed by atoms with Crippen LogP contribution in [0.4, 0.5) is 5.69 Å². The number of nitro groups is 1. The van der Waals surface area contributed by atoms with Crippen molar-refractivity contribution in [3.8, 4) is 0 Å². The van der Waals surface area contributed by atoms with Gasteiger partial charge in [-0.2, -0.15) is 0 Å². The Kier molecular flexibility index (Phi) is 3.99. The summed E-state index contributed by atoms with van der Waals surface area (Å²) in [5, 5.41) is 15.6. The number of aromatic nitrogens is 2. The van der Waals surface area contributed by atoms with Crippen molar-refractivity contribution >= 4 is 27.3 Å². The lowest BCUT2D eigenvalue weighted by Gasteiger charge is -2.06. The molecule has 0 bridgehead atoms. The van der Waals surface area contributed by atoms with Gasteiger partial charge < -0.3 is 4.57 Å². The number of benzene rings is 1. The Hall–Kier alpha value is -1.97. The Morgan fingerprint density at radius 1 is 1.48 bits per heavy atom. The molecule has 10 heteroatoms. The lowest BCUT2D eigenvalue weighted by molar-refractivity contribution is -0.384. The number of rotatable bonds is 4. The number of sulfonamides is 1. The highest BCUT2D eigenvalue weighted by Gasteiger charge is 2.16. The van der Waals surface area contributed by atoms with Gasteiger partial charge in [-0.05, 0) is 18.6 Å². The predicted octanol–water partition coefficient (Wildman–Crippen LogP) is 1.45. The van der Waals surface area contributed by atoms with Gasteiger partial charge in [0.2, 0.25) is 0 Å². The zero-order valence-electron chi connectivity index (χ0n) is 10.9. The molecule has 0 aliphatic heterocycles. The van der Waals surface area contributed by atoms with E-state index in [1.54, 1.807) is 11.5 Å². The van der Waals surface area contributed by atoms with Crippen LogP contribution in [0.1, 0.15) is 11.4 Å². The minimum Gasteiger partial charge on any atom is -0.329 e. The van der Waals surface area contributed by atoms with Crippen LogP contribution in [0.5, 0.6) is 0 Å². The van der Waals surface area contributed by atoms with Crippen molar-refractivity contribution in [1.29, 1.82) is 0 Å². The number of primary sulfonamides is 1. The van der Waals surface area contributed by atoms with Gasteiger partial charge in [-0.25, -0.2) is 18.5 Å². The Morgan fingerprint density at radius 2 is 2.14 bits per heavy atom. The number of halogens is 1. The Morgan fingerprint density at radius 3 is 2.62 bits per heavy atom. The van der Waals surface area contributed by atoms with Crippen LogP contribution in [0.3, 0.4) is 0 Å². The first-order chi connectivity index (χ1) is 9.68. The second-order valence-electron chi connectivity index (χ2n) is 4.33. The van der Waals surface area contributed by atoms with Crippen LogP contribution in [0.15, 0.2) is 29.4 Å². The third-order valence-electron chi connectivity index (χ3n) is 2.83. The Labute approximate surface area is 125 Å². The molecule has 2 rings (SSSR count). The third-order valence-corrected chi connectivity index (χ3v) is 3.97. The van der Waals surface area contributed by atoms with Gasteiger partial charge in [0.1, 0.15) is 5.82 Å². The molecule has 2 aromatic rings. The van der Waals surface area contributed by atoms with Gasteiger partial charge in [0.05, 0.1) is 16.5 Å². The summed E-state index contributed by atoms with van der Waals surface area (Å²) in [6, 6.07) is 4.08. The summed E-state index contributed by atoms with van der Waals surface area (Å²) in [6.07, 6.45) is 1.29. The molecule has 0 saturated carbocycles. The van der Waals surface area contributed by atoms with Crippen molar-refractivity contribution in [3.63, 3.8) is 0 Å². The second-order valence-corrected chi connectivity index (χ2v) is 6.25. The molecule has 0 aliphatic rings. The summed E-state index contributed by atoms with van der Waals surface area (Å²) in [7, 11) is -3.88. The molecular formula is C11H11ClN4O4S. The van der Waals surface area contributed by atoms with Crippen LogP contribution in [-0.4, -0.2) is 22.9 Å². The van der Waals surface area contributed by atoms with Gasteiger partial charge in [0.15, 0.2) is 5.03 Å². The first-order valence-electron chi connectivity index (χ1n) is 5.68. The number of aryl methyl sites for hydroxylation is 1. The molecule has 0 aliphatic carbocycles. The van der Waals surface area contributed by atoms with Gasteiger partial charge in [-0.15, -0.1) is 0 Å². The number of nitrogens with two attached hydrogens (primary N) is 1. The largest absolute Gasteiger partial charge is 0.329 e.